The van der Waals surface area contributed by atoms with Crippen LogP contribution in [0.1, 0.15) is 31.1 Å². The van der Waals surface area contributed by atoms with E-state index in [0.29, 0.717) is 11.8 Å². The number of hydrogen-bond donors (Lipinski definition) is 1. The minimum atomic E-state index is 0.368. The monoisotopic (exact) mass is 257 g/mol. The molecule has 1 aromatic carbocycles. The van der Waals surface area contributed by atoms with E-state index in [1.54, 1.807) is 0 Å². The minimum absolute atomic E-state index is 0.368. The first-order valence-corrected chi connectivity index (χ1v) is 7.17. The summed E-state index contributed by atoms with van der Waals surface area (Å²) in [7, 11) is 0. The standard InChI is InChI=1S/C13H20ClNS/c1-3-10(2)9-16-13(8-15)11-5-4-6-12(14)7-11/h4-7,10,13H,3,8-9,15H2,1-2H3. The Hall–Kier alpha value is -0.180. The zero-order chi connectivity index (χ0) is 12.0. The van der Waals surface area contributed by atoms with Crippen molar-refractivity contribution in [3.05, 3.63) is 34.9 Å². The third-order valence-corrected chi connectivity index (χ3v) is 4.58. The molecule has 0 aliphatic carbocycles. The average molecular weight is 258 g/mol. The largest absolute Gasteiger partial charge is 0.329 e. The molecule has 1 rings (SSSR count). The van der Waals surface area contributed by atoms with E-state index in [4.69, 9.17) is 17.3 Å². The molecule has 1 nitrogen and oxygen atoms in total. The van der Waals surface area contributed by atoms with E-state index in [1.165, 1.54) is 12.0 Å². The highest BCUT2D eigenvalue weighted by Gasteiger charge is 2.11. The maximum Gasteiger partial charge on any atom is 0.0420 e. The lowest BCUT2D eigenvalue weighted by atomic mass is 10.1. The Morgan fingerprint density at radius 2 is 2.19 bits per heavy atom. The molecule has 0 saturated carbocycles. The summed E-state index contributed by atoms with van der Waals surface area (Å²) < 4.78 is 0. The minimum Gasteiger partial charge on any atom is -0.329 e. The first-order chi connectivity index (χ1) is 7.67. The van der Waals surface area contributed by atoms with E-state index in [0.717, 1.165) is 16.7 Å². The molecule has 0 spiro atoms. The number of benzene rings is 1. The molecule has 2 unspecified atom stereocenters. The fraction of sp³-hybridized carbons (Fsp3) is 0.538. The van der Waals surface area contributed by atoms with Crippen molar-refractivity contribution in [3.63, 3.8) is 0 Å². The molecule has 16 heavy (non-hydrogen) atoms. The predicted octanol–water partition coefficient (Wildman–Crippen LogP) is 4.12. The molecular weight excluding hydrogens is 238 g/mol. The van der Waals surface area contributed by atoms with Gasteiger partial charge in [0.15, 0.2) is 0 Å². The third kappa shape index (κ3) is 4.36. The summed E-state index contributed by atoms with van der Waals surface area (Å²) in [6.45, 7) is 5.17. The van der Waals surface area contributed by atoms with E-state index in [2.05, 4.69) is 19.9 Å². The van der Waals surface area contributed by atoms with Gasteiger partial charge in [-0.15, -0.1) is 0 Å². The number of nitrogens with two attached hydrogens (primary N) is 1. The Morgan fingerprint density at radius 1 is 1.44 bits per heavy atom. The fourth-order valence-corrected chi connectivity index (χ4v) is 2.88. The molecule has 2 N–H and O–H groups in total. The van der Waals surface area contributed by atoms with Gasteiger partial charge in [-0.05, 0) is 29.4 Å². The van der Waals surface area contributed by atoms with Gasteiger partial charge in [-0.1, -0.05) is 44.0 Å². The van der Waals surface area contributed by atoms with Crippen LogP contribution in [0.3, 0.4) is 0 Å². The molecule has 0 aliphatic heterocycles. The maximum absolute atomic E-state index is 5.99. The van der Waals surface area contributed by atoms with Gasteiger partial charge in [0, 0.05) is 16.8 Å². The summed E-state index contributed by atoms with van der Waals surface area (Å²) >= 11 is 7.92. The third-order valence-electron chi connectivity index (χ3n) is 2.71. The van der Waals surface area contributed by atoms with E-state index in [1.807, 2.05) is 30.0 Å². The lowest BCUT2D eigenvalue weighted by Gasteiger charge is -2.17. The fourth-order valence-electron chi connectivity index (χ4n) is 1.41. The van der Waals surface area contributed by atoms with Crippen LogP contribution in [0, 0.1) is 5.92 Å². The van der Waals surface area contributed by atoms with Gasteiger partial charge in [-0.25, -0.2) is 0 Å². The van der Waals surface area contributed by atoms with Gasteiger partial charge < -0.3 is 5.73 Å². The Bertz CT molecular complexity index is 317. The van der Waals surface area contributed by atoms with Gasteiger partial charge >= 0.3 is 0 Å². The Kier molecular flexibility index (Phi) is 6.25. The summed E-state index contributed by atoms with van der Waals surface area (Å²) in [5.74, 6) is 1.91. The van der Waals surface area contributed by atoms with Gasteiger partial charge in [0.25, 0.3) is 0 Å². The van der Waals surface area contributed by atoms with Crippen LogP contribution in [0.4, 0.5) is 0 Å². The summed E-state index contributed by atoms with van der Waals surface area (Å²) in [5, 5.41) is 1.16. The molecule has 0 amide bonds. The van der Waals surface area contributed by atoms with Gasteiger partial charge in [-0.2, -0.15) is 11.8 Å². The first-order valence-electron chi connectivity index (χ1n) is 5.74. The second-order valence-corrected chi connectivity index (χ2v) is 5.80. The zero-order valence-electron chi connectivity index (χ0n) is 9.95. The van der Waals surface area contributed by atoms with Crippen LogP contribution in [0.5, 0.6) is 0 Å². The number of thioether (sulfide) groups is 1. The van der Waals surface area contributed by atoms with Crippen molar-refractivity contribution in [1.29, 1.82) is 0 Å². The highest BCUT2D eigenvalue weighted by atomic mass is 35.5. The van der Waals surface area contributed by atoms with Crippen LogP contribution in [-0.4, -0.2) is 12.3 Å². The van der Waals surface area contributed by atoms with Crippen molar-refractivity contribution in [1.82, 2.24) is 0 Å². The summed E-state index contributed by atoms with van der Waals surface area (Å²) in [6, 6.07) is 8.01. The van der Waals surface area contributed by atoms with Crippen molar-refractivity contribution < 1.29 is 0 Å². The summed E-state index contributed by atoms with van der Waals surface area (Å²) in [6.07, 6.45) is 1.22. The van der Waals surface area contributed by atoms with Gasteiger partial charge in [0.1, 0.15) is 0 Å². The van der Waals surface area contributed by atoms with Crippen LogP contribution in [0.15, 0.2) is 24.3 Å². The van der Waals surface area contributed by atoms with Crippen LogP contribution in [0.25, 0.3) is 0 Å². The molecule has 2 atom stereocenters. The highest BCUT2D eigenvalue weighted by molar-refractivity contribution is 7.99. The summed E-state index contributed by atoms with van der Waals surface area (Å²) in [5.41, 5.74) is 7.06. The van der Waals surface area contributed by atoms with E-state index in [-0.39, 0.29) is 0 Å². The lowest BCUT2D eigenvalue weighted by molar-refractivity contribution is 0.635. The Morgan fingerprint density at radius 3 is 2.75 bits per heavy atom. The molecule has 0 saturated heterocycles. The molecule has 0 bridgehead atoms. The van der Waals surface area contributed by atoms with Crippen molar-refractivity contribution in [2.45, 2.75) is 25.5 Å². The average Bonchev–Trinajstić information content (AvgIpc) is 2.29. The maximum atomic E-state index is 5.99. The number of rotatable bonds is 6. The van der Waals surface area contributed by atoms with Crippen LogP contribution in [-0.2, 0) is 0 Å². The van der Waals surface area contributed by atoms with Crippen molar-refractivity contribution in [3.8, 4) is 0 Å². The van der Waals surface area contributed by atoms with Crippen molar-refractivity contribution in [2.75, 3.05) is 12.3 Å². The molecule has 1 aromatic rings. The summed E-state index contributed by atoms with van der Waals surface area (Å²) in [4.78, 5) is 0. The molecule has 0 fully saturated rings. The van der Waals surface area contributed by atoms with Gasteiger partial charge in [0.2, 0.25) is 0 Å². The second kappa shape index (κ2) is 7.21. The Balaban J connectivity index is 2.60. The lowest BCUT2D eigenvalue weighted by Crippen LogP contribution is -2.11. The molecule has 0 aliphatic rings. The van der Waals surface area contributed by atoms with Crippen molar-refractivity contribution in [2.24, 2.45) is 11.7 Å². The second-order valence-electron chi connectivity index (χ2n) is 4.13. The quantitative estimate of drug-likeness (QED) is 0.830. The molecule has 0 radical (unpaired) electrons. The number of hydrogen-bond acceptors (Lipinski definition) is 2. The van der Waals surface area contributed by atoms with Crippen LogP contribution < -0.4 is 5.73 Å². The molecule has 0 aromatic heterocycles. The predicted molar refractivity (Wildman–Crippen MR) is 75.2 cm³/mol. The highest BCUT2D eigenvalue weighted by Crippen LogP contribution is 2.31. The number of halogens is 1. The van der Waals surface area contributed by atoms with Crippen molar-refractivity contribution >= 4 is 23.4 Å². The van der Waals surface area contributed by atoms with Gasteiger partial charge in [-0.3, -0.25) is 0 Å². The Labute approximate surface area is 108 Å². The van der Waals surface area contributed by atoms with Crippen LogP contribution >= 0.6 is 23.4 Å². The zero-order valence-corrected chi connectivity index (χ0v) is 11.5. The topological polar surface area (TPSA) is 26.0 Å². The van der Waals surface area contributed by atoms with Gasteiger partial charge in [0.05, 0.1) is 0 Å². The molecule has 3 heteroatoms. The normalized spacial score (nSPS) is 14.8. The molecular formula is C13H20ClNS. The van der Waals surface area contributed by atoms with E-state index < -0.39 is 0 Å². The van der Waals surface area contributed by atoms with E-state index >= 15 is 0 Å². The SMILES string of the molecule is CCC(C)CSC(CN)c1cccc(Cl)c1. The smallest absolute Gasteiger partial charge is 0.0420 e. The first kappa shape index (κ1) is 13.9. The van der Waals surface area contributed by atoms with Crippen LogP contribution in [0.2, 0.25) is 5.02 Å². The van der Waals surface area contributed by atoms with E-state index in [9.17, 15) is 0 Å². The molecule has 90 valence electrons. The molecule has 0 heterocycles.